The minimum absolute atomic E-state index is 0.967. The molecule has 1 aromatic heterocycles. The molecule has 0 aliphatic carbocycles. The van der Waals surface area contributed by atoms with E-state index in [1.54, 1.807) is 11.3 Å². The first-order chi connectivity index (χ1) is 12.8. The molecule has 128 valence electrons. The summed E-state index contributed by atoms with van der Waals surface area (Å²) < 4.78 is 1.23. The van der Waals surface area contributed by atoms with Gasteiger partial charge in [-0.25, -0.2) is 4.98 Å². The Labute approximate surface area is 162 Å². The van der Waals surface area contributed by atoms with Crippen molar-refractivity contribution in [2.45, 2.75) is 17.6 Å². The molecule has 0 atom stereocenters. The van der Waals surface area contributed by atoms with E-state index in [1.807, 2.05) is 17.8 Å². The molecule has 0 unspecified atom stereocenters. The predicted octanol–water partition coefficient (Wildman–Crippen LogP) is 7.04. The van der Waals surface area contributed by atoms with Crippen LogP contribution in [-0.2, 0) is 5.75 Å². The summed E-state index contributed by atoms with van der Waals surface area (Å²) in [5, 5.41) is 1.08. The van der Waals surface area contributed by atoms with Crippen LogP contribution in [-0.4, -0.2) is 4.98 Å². The van der Waals surface area contributed by atoms with Crippen LogP contribution in [0.4, 0.5) is 0 Å². The number of thioether (sulfide) groups is 1. The SMILES string of the molecule is C/C=C(/c1nc2ccccc2s1)c1ccccc1SCc1ccccc1. The van der Waals surface area contributed by atoms with E-state index in [1.165, 1.54) is 26.3 Å². The van der Waals surface area contributed by atoms with Gasteiger partial charge in [0.05, 0.1) is 10.2 Å². The lowest BCUT2D eigenvalue weighted by molar-refractivity contribution is 1.33. The van der Waals surface area contributed by atoms with E-state index in [0.717, 1.165) is 16.3 Å². The summed E-state index contributed by atoms with van der Waals surface area (Å²) in [4.78, 5) is 6.16. The quantitative estimate of drug-likeness (QED) is 0.348. The fraction of sp³-hybridized carbons (Fsp3) is 0.0870. The molecule has 1 nitrogen and oxygen atoms in total. The Bertz CT molecular complexity index is 1010. The lowest BCUT2D eigenvalue weighted by atomic mass is 10.1. The molecule has 0 radical (unpaired) electrons. The van der Waals surface area contributed by atoms with Gasteiger partial charge in [-0.3, -0.25) is 0 Å². The van der Waals surface area contributed by atoms with E-state index in [2.05, 4.69) is 85.8 Å². The lowest BCUT2D eigenvalue weighted by Gasteiger charge is -2.11. The van der Waals surface area contributed by atoms with Crippen molar-refractivity contribution in [1.82, 2.24) is 4.98 Å². The van der Waals surface area contributed by atoms with Crippen molar-refractivity contribution in [3.8, 4) is 0 Å². The third-order valence-electron chi connectivity index (χ3n) is 4.23. The highest BCUT2D eigenvalue weighted by molar-refractivity contribution is 7.98. The van der Waals surface area contributed by atoms with Crippen LogP contribution in [0.3, 0.4) is 0 Å². The minimum atomic E-state index is 0.967. The zero-order valence-electron chi connectivity index (χ0n) is 14.6. The van der Waals surface area contributed by atoms with Crippen molar-refractivity contribution in [1.29, 1.82) is 0 Å². The van der Waals surface area contributed by atoms with Crippen LogP contribution in [0.5, 0.6) is 0 Å². The average Bonchev–Trinajstić information content (AvgIpc) is 3.12. The monoisotopic (exact) mass is 373 g/mol. The van der Waals surface area contributed by atoms with E-state index < -0.39 is 0 Å². The normalized spacial score (nSPS) is 11.8. The number of thiazole rings is 1. The van der Waals surface area contributed by atoms with Crippen LogP contribution < -0.4 is 0 Å². The number of allylic oxidation sites excluding steroid dienone is 1. The van der Waals surface area contributed by atoms with Gasteiger partial charge in [0, 0.05) is 16.2 Å². The first-order valence-electron chi connectivity index (χ1n) is 8.63. The minimum Gasteiger partial charge on any atom is -0.236 e. The zero-order valence-corrected chi connectivity index (χ0v) is 16.2. The van der Waals surface area contributed by atoms with Gasteiger partial charge in [0.1, 0.15) is 5.01 Å². The number of benzene rings is 3. The van der Waals surface area contributed by atoms with Gasteiger partial charge < -0.3 is 0 Å². The van der Waals surface area contributed by atoms with Crippen molar-refractivity contribution in [3.63, 3.8) is 0 Å². The summed E-state index contributed by atoms with van der Waals surface area (Å²) in [6.07, 6.45) is 2.18. The Morgan fingerprint density at radius 3 is 2.46 bits per heavy atom. The average molecular weight is 374 g/mol. The number of fused-ring (bicyclic) bond motifs is 1. The second-order valence-corrected chi connectivity index (χ2v) is 8.01. The van der Waals surface area contributed by atoms with Crippen molar-refractivity contribution in [2.24, 2.45) is 0 Å². The number of rotatable bonds is 5. The number of hydrogen-bond acceptors (Lipinski definition) is 3. The van der Waals surface area contributed by atoms with E-state index in [4.69, 9.17) is 4.98 Å². The van der Waals surface area contributed by atoms with Gasteiger partial charge in [0.2, 0.25) is 0 Å². The van der Waals surface area contributed by atoms with Gasteiger partial charge >= 0.3 is 0 Å². The Hall–Kier alpha value is -2.36. The largest absolute Gasteiger partial charge is 0.236 e. The maximum Gasteiger partial charge on any atom is 0.124 e. The third-order valence-corrected chi connectivity index (χ3v) is 6.44. The molecule has 4 rings (SSSR count). The van der Waals surface area contributed by atoms with Crippen molar-refractivity contribution >= 4 is 38.9 Å². The number of hydrogen-bond donors (Lipinski definition) is 0. The molecule has 3 heteroatoms. The van der Waals surface area contributed by atoms with Crippen molar-refractivity contribution in [2.75, 3.05) is 0 Å². The molecule has 0 spiro atoms. The molecular formula is C23H19NS2. The molecule has 0 amide bonds. The van der Waals surface area contributed by atoms with Crippen LogP contribution in [0, 0.1) is 0 Å². The van der Waals surface area contributed by atoms with E-state index in [0.29, 0.717) is 0 Å². The molecule has 1 heterocycles. The van der Waals surface area contributed by atoms with Gasteiger partial charge in [0.25, 0.3) is 0 Å². The molecule has 4 aromatic rings. The Morgan fingerprint density at radius 2 is 1.65 bits per heavy atom. The van der Waals surface area contributed by atoms with Crippen molar-refractivity contribution in [3.05, 3.63) is 101 Å². The molecule has 0 N–H and O–H groups in total. The second kappa shape index (κ2) is 7.90. The Kier molecular flexibility index (Phi) is 5.19. The molecule has 0 aliphatic heterocycles. The summed E-state index contributed by atoms with van der Waals surface area (Å²) >= 11 is 3.64. The fourth-order valence-corrected chi connectivity index (χ4v) is 5.01. The molecule has 26 heavy (non-hydrogen) atoms. The summed E-state index contributed by atoms with van der Waals surface area (Å²) in [6, 6.07) is 27.6. The maximum absolute atomic E-state index is 4.86. The molecule has 0 bridgehead atoms. The van der Waals surface area contributed by atoms with Gasteiger partial charge in [-0.05, 0) is 36.2 Å². The summed E-state index contributed by atoms with van der Waals surface area (Å²) in [5.41, 5.74) is 4.88. The van der Waals surface area contributed by atoms with Crippen LogP contribution >= 0.6 is 23.1 Å². The summed E-state index contributed by atoms with van der Waals surface area (Å²) in [6.45, 7) is 2.10. The van der Waals surface area contributed by atoms with E-state index in [9.17, 15) is 0 Å². The molecule has 3 aromatic carbocycles. The van der Waals surface area contributed by atoms with Gasteiger partial charge in [-0.2, -0.15) is 0 Å². The highest BCUT2D eigenvalue weighted by atomic mass is 32.2. The standard InChI is InChI=1S/C23H19NS2/c1-2-18(23-24-20-13-7-9-15-22(20)26-23)19-12-6-8-14-21(19)25-16-17-10-4-3-5-11-17/h2-15H,16H2,1H3/b18-2+. The van der Waals surface area contributed by atoms with Crippen LogP contribution in [0.2, 0.25) is 0 Å². The first kappa shape index (κ1) is 17.1. The zero-order chi connectivity index (χ0) is 17.8. The van der Waals surface area contributed by atoms with Gasteiger partial charge in [0.15, 0.2) is 0 Å². The van der Waals surface area contributed by atoms with Crippen LogP contribution in [0.25, 0.3) is 15.8 Å². The first-order valence-corrected chi connectivity index (χ1v) is 10.4. The molecule has 0 saturated heterocycles. The van der Waals surface area contributed by atoms with Crippen LogP contribution in [0.15, 0.2) is 89.8 Å². The second-order valence-electron chi connectivity index (χ2n) is 5.96. The molecule has 0 saturated carbocycles. The molecule has 0 fully saturated rings. The topological polar surface area (TPSA) is 12.9 Å². The van der Waals surface area contributed by atoms with E-state index >= 15 is 0 Å². The van der Waals surface area contributed by atoms with Gasteiger partial charge in [-0.15, -0.1) is 23.1 Å². The smallest absolute Gasteiger partial charge is 0.124 e. The van der Waals surface area contributed by atoms with Crippen molar-refractivity contribution < 1.29 is 0 Å². The Balaban J connectivity index is 1.67. The van der Waals surface area contributed by atoms with E-state index in [-0.39, 0.29) is 0 Å². The number of aromatic nitrogens is 1. The van der Waals surface area contributed by atoms with Gasteiger partial charge in [-0.1, -0.05) is 66.7 Å². The number of nitrogens with zero attached hydrogens (tertiary/aromatic N) is 1. The lowest BCUT2D eigenvalue weighted by Crippen LogP contribution is -1.91. The molecular weight excluding hydrogens is 354 g/mol. The molecule has 0 aliphatic rings. The fourth-order valence-electron chi connectivity index (χ4n) is 2.93. The van der Waals surface area contributed by atoms with Crippen LogP contribution in [0.1, 0.15) is 23.1 Å². The third kappa shape index (κ3) is 3.59. The number of para-hydroxylation sites is 1. The predicted molar refractivity (Wildman–Crippen MR) is 115 cm³/mol. The highest BCUT2D eigenvalue weighted by Gasteiger charge is 2.13. The summed E-state index contributed by atoms with van der Waals surface area (Å²) in [5.74, 6) is 0.967. The highest BCUT2D eigenvalue weighted by Crippen LogP contribution is 2.36. The maximum atomic E-state index is 4.86. The Morgan fingerprint density at radius 1 is 0.923 bits per heavy atom. The summed E-state index contributed by atoms with van der Waals surface area (Å²) in [7, 11) is 0.